The summed E-state index contributed by atoms with van der Waals surface area (Å²) in [4.78, 5) is 25.6. The van der Waals surface area contributed by atoms with Gasteiger partial charge in [0.25, 0.3) is 0 Å². The molecule has 0 heterocycles. The highest BCUT2D eigenvalue weighted by atomic mass is 16.6. The Labute approximate surface area is 236 Å². The minimum Gasteiger partial charge on any atom is -0.485 e. The van der Waals surface area contributed by atoms with Gasteiger partial charge >= 0.3 is 12.1 Å². The van der Waals surface area contributed by atoms with E-state index in [9.17, 15) is 14.7 Å². The Hall–Kier alpha value is -4.04. The van der Waals surface area contributed by atoms with Crippen molar-refractivity contribution in [2.45, 2.75) is 78.1 Å². The van der Waals surface area contributed by atoms with E-state index in [1.54, 1.807) is 39.8 Å². The van der Waals surface area contributed by atoms with Crippen molar-refractivity contribution >= 4 is 12.1 Å². The molecule has 0 fully saturated rings. The van der Waals surface area contributed by atoms with E-state index in [1.807, 2.05) is 66.7 Å². The maximum Gasteiger partial charge on any atom is 0.408 e. The molecule has 1 unspecified atom stereocenters. The van der Waals surface area contributed by atoms with E-state index >= 15 is 0 Å². The van der Waals surface area contributed by atoms with Crippen LogP contribution in [0, 0.1) is 0 Å². The number of carbonyl (C=O) groups is 2. The number of hydrogen-bond acceptors (Lipinski definition) is 7. The minimum atomic E-state index is -1.06. The number of aliphatic hydroxyl groups is 1. The first-order chi connectivity index (χ1) is 19.0. The fourth-order valence-corrected chi connectivity index (χ4v) is 3.62. The second-order valence-electron chi connectivity index (χ2n) is 10.6. The number of ether oxygens (including phenoxy) is 4. The van der Waals surface area contributed by atoms with Crippen LogP contribution in [0.25, 0.3) is 0 Å². The van der Waals surface area contributed by atoms with E-state index in [-0.39, 0.29) is 6.42 Å². The highest BCUT2D eigenvalue weighted by Crippen LogP contribution is 2.31. The van der Waals surface area contributed by atoms with E-state index in [0.717, 1.165) is 11.1 Å². The van der Waals surface area contributed by atoms with E-state index < -0.39 is 35.9 Å². The van der Waals surface area contributed by atoms with Crippen molar-refractivity contribution in [3.63, 3.8) is 0 Å². The maximum atomic E-state index is 13.0. The lowest BCUT2D eigenvalue weighted by Gasteiger charge is -2.25. The van der Waals surface area contributed by atoms with Gasteiger partial charge < -0.3 is 29.4 Å². The standard InChI is InChI=1S/C32H39NO7/c1-22(34)23(2)39-30(35)27(33-31(36)40-32(3,4)5)18-26-16-17-28(37-20-24-12-8-6-9-13-24)29(19-26)38-21-25-14-10-7-11-15-25/h6-17,19,22-23,27,34H,18,20-21H2,1-5H3,(H,33,36)/t22?,23-,27+/m1/s1. The normalized spacial score (nSPS) is 13.4. The predicted octanol–water partition coefficient (Wildman–Crippen LogP) is 5.59. The number of carbonyl (C=O) groups excluding carboxylic acids is 2. The van der Waals surface area contributed by atoms with Crippen LogP contribution in [0.15, 0.2) is 78.9 Å². The molecule has 0 saturated carbocycles. The van der Waals surface area contributed by atoms with Gasteiger partial charge in [-0.1, -0.05) is 66.7 Å². The third-order valence-electron chi connectivity index (χ3n) is 5.88. The quantitative estimate of drug-likeness (QED) is 0.284. The SMILES string of the molecule is CC(O)[C@@H](C)OC(=O)[C@H](Cc1ccc(OCc2ccccc2)c(OCc2ccccc2)c1)NC(=O)OC(C)(C)C. The van der Waals surface area contributed by atoms with E-state index in [4.69, 9.17) is 18.9 Å². The van der Waals surface area contributed by atoms with Gasteiger partial charge in [0.05, 0.1) is 6.10 Å². The van der Waals surface area contributed by atoms with Crippen molar-refractivity contribution in [3.8, 4) is 11.5 Å². The van der Waals surface area contributed by atoms with Crippen LogP contribution in [0.5, 0.6) is 11.5 Å². The largest absolute Gasteiger partial charge is 0.485 e. The lowest BCUT2D eigenvalue weighted by molar-refractivity contribution is -0.155. The van der Waals surface area contributed by atoms with Crippen molar-refractivity contribution in [1.82, 2.24) is 5.32 Å². The van der Waals surface area contributed by atoms with Crippen molar-refractivity contribution in [2.24, 2.45) is 0 Å². The molecular weight excluding hydrogens is 510 g/mol. The van der Waals surface area contributed by atoms with Crippen LogP contribution in [0.1, 0.15) is 51.3 Å². The van der Waals surface area contributed by atoms with Crippen LogP contribution in [-0.4, -0.2) is 41.0 Å². The molecule has 1 amide bonds. The van der Waals surface area contributed by atoms with Gasteiger partial charge in [0.1, 0.15) is 31.0 Å². The van der Waals surface area contributed by atoms with E-state index in [1.165, 1.54) is 6.92 Å². The molecule has 0 spiro atoms. The summed E-state index contributed by atoms with van der Waals surface area (Å²) in [6.45, 7) is 8.99. The Morgan fingerprint density at radius 2 is 1.35 bits per heavy atom. The first-order valence-electron chi connectivity index (χ1n) is 13.3. The van der Waals surface area contributed by atoms with Crippen LogP contribution in [0.2, 0.25) is 0 Å². The second kappa shape index (κ2) is 14.4. The molecule has 0 radical (unpaired) electrons. The van der Waals surface area contributed by atoms with Crippen LogP contribution in [0.4, 0.5) is 4.79 Å². The number of aliphatic hydroxyl groups excluding tert-OH is 1. The molecule has 2 N–H and O–H groups in total. The summed E-state index contributed by atoms with van der Waals surface area (Å²) in [6, 6.07) is 23.9. The first-order valence-corrected chi connectivity index (χ1v) is 13.3. The number of rotatable bonds is 12. The fraction of sp³-hybridized carbons (Fsp3) is 0.375. The topological polar surface area (TPSA) is 103 Å². The lowest BCUT2D eigenvalue weighted by Crippen LogP contribution is -2.46. The van der Waals surface area contributed by atoms with Crippen molar-refractivity contribution in [2.75, 3.05) is 0 Å². The van der Waals surface area contributed by atoms with Crippen LogP contribution >= 0.6 is 0 Å². The lowest BCUT2D eigenvalue weighted by atomic mass is 10.0. The zero-order valence-corrected chi connectivity index (χ0v) is 23.8. The fourth-order valence-electron chi connectivity index (χ4n) is 3.62. The molecule has 0 aromatic heterocycles. The van der Waals surface area contributed by atoms with Crippen molar-refractivity contribution < 1.29 is 33.6 Å². The zero-order chi connectivity index (χ0) is 29.1. The molecule has 3 aromatic rings. The third kappa shape index (κ3) is 10.3. The summed E-state index contributed by atoms with van der Waals surface area (Å²) >= 11 is 0. The van der Waals surface area contributed by atoms with Gasteiger partial charge in [-0.2, -0.15) is 0 Å². The zero-order valence-electron chi connectivity index (χ0n) is 23.8. The van der Waals surface area contributed by atoms with Crippen LogP contribution in [-0.2, 0) is 33.9 Å². The summed E-state index contributed by atoms with van der Waals surface area (Å²) in [7, 11) is 0. The molecular formula is C32H39NO7. The number of amides is 1. The molecule has 0 bridgehead atoms. The molecule has 8 heteroatoms. The van der Waals surface area contributed by atoms with Crippen LogP contribution in [0.3, 0.4) is 0 Å². The van der Waals surface area contributed by atoms with E-state index in [0.29, 0.717) is 30.3 Å². The molecule has 3 rings (SSSR count). The van der Waals surface area contributed by atoms with Gasteiger partial charge in [-0.25, -0.2) is 9.59 Å². The van der Waals surface area contributed by atoms with Gasteiger partial charge in [0.2, 0.25) is 0 Å². The number of alkyl carbamates (subject to hydrolysis) is 1. The van der Waals surface area contributed by atoms with Gasteiger partial charge in [0.15, 0.2) is 11.5 Å². The van der Waals surface area contributed by atoms with Gasteiger partial charge in [0, 0.05) is 6.42 Å². The molecule has 0 saturated heterocycles. The Morgan fingerprint density at radius 3 is 1.88 bits per heavy atom. The number of hydrogen-bond donors (Lipinski definition) is 2. The van der Waals surface area contributed by atoms with Gasteiger partial charge in [-0.05, 0) is 63.4 Å². The van der Waals surface area contributed by atoms with Crippen molar-refractivity contribution in [3.05, 3.63) is 95.6 Å². The van der Waals surface area contributed by atoms with Gasteiger partial charge in [-0.15, -0.1) is 0 Å². The molecule has 0 aliphatic rings. The minimum absolute atomic E-state index is 0.102. The summed E-state index contributed by atoms with van der Waals surface area (Å²) < 4.78 is 23.0. The highest BCUT2D eigenvalue weighted by Gasteiger charge is 2.28. The number of benzene rings is 3. The predicted molar refractivity (Wildman–Crippen MR) is 152 cm³/mol. The van der Waals surface area contributed by atoms with Gasteiger partial charge in [-0.3, -0.25) is 0 Å². The molecule has 0 aliphatic heterocycles. The second-order valence-corrected chi connectivity index (χ2v) is 10.6. The summed E-state index contributed by atoms with van der Waals surface area (Å²) in [5.74, 6) is 0.361. The Balaban J connectivity index is 1.83. The average molecular weight is 550 g/mol. The summed E-state index contributed by atoms with van der Waals surface area (Å²) in [5.41, 5.74) is 1.96. The molecule has 3 atom stereocenters. The highest BCUT2D eigenvalue weighted by molar-refractivity contribution is 5.82. The van der Waals surface area contributed by atoms with Crippen molar-refractivity contribution in [1.29, 1.82) is 0 Å². The maximum absolute atomic E-state index is 13.0. The van der Waals surface area contributed by atoms with Crippen LogP contribution < -0.4 is 14.8 Å². The Kier molecular flexibility index (Phi) is 11.0. The summed E-state index contributed by atoms with van der Waals surface area (Å²) in [6.07, 6.45) is -2.27. The summed E-state index contributed by atoms with van der Waals surface area (Å²) in [5, 5.41) is 12.4. The molecule has 0 aliphatic carbocycles. The molecule has 214 valence electrons. The smallest absolute Gasteiger partial charge is 0.408 e. The Morgan fingerprint density at radius 1 is 0.800 bits per heavy atom. The average Bonchev–Trinajstić information content (AvgIpc) is 2.91. The number of esters is 1. The number of nitrogens with one attached hydrogen (secondary N) is 1. The van der Waals surface area contributed by atoms with E-state index in [2.05, 4.69) is 5.32 Å². The monoisotopic (exact) mass is 549 g/mol. The molecule has 40 heavy (non-hydrogen) atoms. The third-order valence-corrected chi connectivity index (χ3v) is 5.88. The first kappa shape index (κ1) is 30.5. The molecule has 8 nitrogen and oxygen atoms in total. The molecule has 3 aromatic carbocycles. The Bertz CT molecular complexity index is 1220.